The second-order valence-electron chi connectivity index (χ2n) is 7.03. The molecule has 1 amide bonds. The number of thiophene rings is 1. The molecule has 3 aromatic heterocycles. The lowest BCUT2D eigenvalue weighted by molar-refractivity contribution is -0.0511. The van der Waals surface area contributed by atoms with Gasteiger partial charge in [-0.2, -0.15) is 0 Å². The molecule has 1 saturated carbocycles. The van der Waals surface area contributed by atoms with Crippen LogP contribution in [-0.4, -0.2) is 33.9 Å². The number of anilines is 3. The maximum atomic E-state index is 14.3. The third-order valence-electron chi connectivity index (χ3n) is 5.00. The van der Waals surface area contributed by atoms with Crippen molar-refractivity contribution in [2.24, 2.45) is 11.5 Å². The minimum Gasteiger partial charge on any atom is -0.365 e. The van der Waals surface area contributed by atoms with Gasteiger partial charge in [0, 0.05) is 29.4 Å². The Morgan fingerprint density at radius 2 is 2.14 bits per heavy atom. The molecule has 6 N–H and O–H groups in total. The predicted octanol–water partition coefficient (Wildman–Crippen LogP) is 3.46. The fourth-order valence-corrected chi connectivity index (χ4v) is 4.35. The van der Waals surface area contributed by atoms with Gasteiger partial charge in [-0.25, -0.2) is 18.7 Å². The summed E-state index contributed by atoms with van der Waals surface area (Å²) in [5, 5.41) is 8.54. The molecule has 0 radical (unpaired) electrons. The van der Waals surface area contributed by atoms with Gasteiger partial charge < -0.3 is 22.1 Å². The van der Waals surface area contributed by atoms with E-state index >= 15 is 0 Å². The summed E-state index contributed by atoms with van der Waals surface area (Å²) in [5.41, 5.74) is 12.2. The first kappa shape index (κ1) is 19.5. The van der Waals surface area contributed by atoms with Gasteiger partial charge in [0.05, 0.1) is 11.3 Å². The number of amides is 1. The first-order chi connectivity index (χ1) is 13.8. The number of aromatic nitrogens is 2. The number of alkyl halides is 2. The molecule has 10 heteroatoms. The Kier molecular flexibility index (Phi) is 5.05. The molecular formula is C19H20F2N6OS. The fourth-order valence-electron chi connectivity index (χ4n) is 3.51. The number of carbonyl (C=O) groups is 1. The smallest absolute Gasteiger partial charge is 0.269 e. The Bertz CT molecular complexity index is 1060. The minimum absolute atomic E-state index is 0.151. The second kappa shape index (κ2) is 7.53. The monoisotopic (exact) mass is 418 g/mol. The summed E-state index contributed by atoms with van der Waals surface area (Å²) in [6.07, 6.45) is 2.35. The molecule has 3 aromatic rings. The van der Waals surface area contributed by atoms with Gasteiger partial charge in [0.2, 0.25) is 0 Å². The van der Waals surface area contributed by atoms with Crippen LogP contribution >= 0.6 is 11.3 Å². The van der Waals surface area contributed by atoms with Gasteiger partial charge in [-0.1, -0.05) is 0 Å². The molecule has 3 heterocycles. The number of hydrogen-bond acceptors (Lipinski definition) is 7. The van der Waals surface area contributed by atoms with Gasteiger partial charge >= 0.3 is 0 Å². The summed E-state index contributed by atoms with van der Waals surface area (Å²) in [5.74, 6) is -3.25. The van der Waals surface area contributed by atoms with Gasteiger partial charge in [0.25, 0.3) is 11.8 Å². The number of halogens is 2. The van der Waals surface area contributed by atoms with Gasteiger partial charge in [0.1, 0.15) is 22.5 Å². The molecule has 1 aliphatic rings. The van der Waals surface area contributed by atoms with Gasteiger partial charge in [0.15, 0.2) is 0 Å². The average molecular weight is 418 g/mol. The Balaban J connectivity index is 1.67. The summed E-state index contributed by atoms with van der Waals surface area (Å²) in [7, 11) is 0. The summed E-state index contributed by atoms with van der Waals surface area (Å²) in [4.78, 5) is 21.3. The average Bonchev–Trinajstić information content (AvgIpc) is 3.08. The SMILES string of the molecule is NC(=O)c1ccc(N[C@H]2[C@@H](N)CCCC2(F)F)nc1Nc1csc2ncccc12. The number of hydrogen-bond donors (Lipinski definition) is 4. The standard InChI is InChI=1S/C19H20F2N6OS/c20-19(21)7-1-4-12(22)15(19)26-14-6-5-11(16(23)28)17(27-14)25-13-9-29-18-10(13)3-2-8-24-18/h2-3,5-6,8-9,12,15H,1,4,7,22H2,(H2,23,28)(H2,25,26,27)/t12-,15-/m0/s1. The maximum absolute atomic E-state index is 14.3. The van der Waals surface area contributed by atoms with Crippen molar-refractivity contribution >= 4 is 44.8 Å². The molecule has 0 bridgehead atoms. The molecule has 0 aliphatic heterocycles. The lowest BCUT2D eigenvalue weighted by atomic mass is 9.87. The van der Waals surface area contributed by atoms with E-state index in [0.29, 0.717) is 18.5 Å². The number of fused-ring (bicyclic) bond motifs is 1. The maximum Gasteiger partial charge on any atom is 0.269 e. The lowest BCUT2D eigenvalue weighted by Gasteiger charge is -2.36. The van der Waals surface area contributed by atoms with Gasteiger partial charge in [-0.05, 0) is 37.1 Å². The first-order valence-electron chi connectivity index (χ1n) is 9.15. The zero-order valence-corrected chi connectivity index (χ0v) is 16.2. The molecule has 0 unspecified atom stereocenters. The van der Waals surface area contributed by atoms with Crippen LogP contribution < -0.4 is 22.1 Å². The third-order valence-corrected chi connectivity index (χ3v) is 5.90. The largest absolute Gasteiger partial charge is 0.365 e. The van der Waals surface area contributed by atoms with Crippen LogP contribution in [0.4, 0.5) is 26.1 Å². The number of nitrogens with two attached hydrogens (primary N) is 2. The van der Waals surface area contributed by atoms with Crippen molar-refractivity contribution in [2.45, 2.75) is 37.3 Å². The van der Waals surface area contributed by atoms with Crippen LogP contribution in [0, 0.1) is 0 Å². The van der Waals surface area contributed by atoms with E-state index in [1.165, 1.54) is 23.5 Å². The van der Waals surface area contributed by atoms with Crippen LogP contribution in [0.2, 0.25) is 0 Å². The molecule has 0 saturated heterocycles. The number of primary amides is 1. The number of rotatable bonds is 5. The predicted molar refractivity (Wildman–Crippen MR) is 110 cm³/mol. The van der Waals surface area contributed by atoms with E-state index in [9.17, 15) is 13.6 Å². The van der Waals surface area contributed by atoms with E-state index in [2.05, 4.69) is 20.6 Å². The molecule has 7 nitrogen and oxygen atoms in total. The zero-order chi connectivity index (χ0) is 20.6. The van der Waals surface area contributed by atoms with Crippen molar-refractivity contribution in [1.82, 2.24) is 9.97 Å². The van der Waals surface area contributed by atoms with Crippen molar-refractivity contribution in [3.8, 4) is 0 Å². The number of nitrogens with zero attached hydrogens (tertiary/aromatic N) is 2. The van der Waals surface area contributed by atoms with Crippen molar-refractivity contribution in [1.29, 1.82) is 0 Å². The van der Waals surface area contributed by atoms with Gasteiger partial charge in [-0.15, -0.1) is 11.3 Å². The van der Waals surface area contributed by atoms with Crippen molar-refractivity contribution in [2.75, 3.05) is 10.6 Å². The first-order valence-corrected chi connectivity index (χ1v) is 10.0. The molecule has 4 rings (SSSR count). The topological polar surface area (TPSA) is 119 Å². The van der Waals surface area contributed by atoms with Crippen LogP contribution in [0.1, 0.15) is 29.6 Å². The van der Waals surface area contributed by atoms with Crippen LogP contribution in [0.5, 0.6) is 0 Å². The van der Waals surface area contributed by atoms with E-state index in [1.807, 2.05) is 11.4 Å². The molecule has 0 aromatic carbocycles. The summed E-state index contributed by atoms with van der Waals surface area (Å²) < 4.78 is 28.7. The summed E-state index contributed by atoms with van der Waals surface area (Å²) in [6, 6.07) is 4.67. The second-order valence-corrected chi connectivity index (χ2v) is 7.88. The Morgan fingerprint density at radius 1 is 1.31 bits per heavy atom. The van der Waals surface area contributed by atoms with Crippen molar-refractivity contribution in [3.63, 3.8) is 0 Å². The quantitative estimate of drug-likeness (QED) is 0.504. The van der Waals surface area contributed by atoms with E-state index in [-0.39, 0.29) is 23.6 Å². The highest BCUT2D eigenvalue weighted by Crippen LogP contribution is 2.35. The zero-order valence-electron chi connectivity index (χ0n) is 15.4. The Morgan fingerprint density at radius 3 is 2.90 bits per heavy atom. The van der Waals surface area contributed by atoms with Crippen molar-refractivity contribution < 1.29 is 13.6 Å². The molecule has 1 aliphatic carbocycles. The van der Waals surface area contributed by atoms with Crippen LogP contribution in [0.3, 0.4) is 0 Å². The van der Waals surface area contributed by atoms with Crippen LogP contribution in [0.25, 0.3) is 10.2 Å². The van der Waals surface area contributed by atoms with E-state index in [4.69, 9.17) is 11.5 Å². The highest BCUT2D eigenvalue weighted by molar-refractivity contribution is 7.17. The fraction of sp³-hybridized carbons (Fsp3) is 0.316. The Hall–Kier alpha value is -2.85. The van der Waals surface area contributed by atoms with E-state index in [1.54, 1.807) is 12.3 Å². The molecule has 0 spiro atoms. The lowest BCUT2D eigenvalue weighted by Crippen LogP contribution is -2.55. The van der Waals surface area contributed by atoms with Crippen LogP contribution in [-0.2, 0) is 0 Å². The molecule has 152 valence electrons. The van der Waals surface area contributed by atoms with Crippen LogP contribution in [0.15, 0.2) is 35.8 Å². The van der Waals surface area contributed by atoms with E-state index in [0.717, 1.165) is 10.2 Å². The number of pyridine rings is 2. The summed E-state index contributed by atoms with van der Waals surface area (Å²) >= 11 is 1.43. The molecular weight excluding hydrogens is 398 g/mol. The molecule has 29 heavy (non-hydrogen) atoms. The molecule has 1 fully saturated rings. The van der Waals surface area contributed by atoms with E-state index < -0.39 is 23.9 Å². The summed E-state index contributed by atoms with van der Waals surface area (Å²) in [6.45, 7) is 0. The normalized spacial score (nSPS) is 21.1. The molecule has 2 atom stereocenters. The minimum atomic E-state index is -2.94. The number of carbonyl (C=O) groups excluding carboxylic acids is 1. The number of nitrogens with one attached hydrogen (secondary N) is 2. The highest BCUT2D eigenvalue weighted by Gasteiger charge is 2.46. The van der Waals surface area contributed by atoms with Crippen molar-refractivity contribution in [3.05, 3.63) is 41.4 Å². The highest BCUT2D eigenvalue weighted by atomic mass is 32.1. The Labute approximate surface area is 169 Å². The third kappa shape index (κ3) is 3.85. The van der Waals surface area contributed by atoms with Gasteiger partial charge in [-0.3, -0.25) is 4.79 Å².